The second-order valence-electron chi connectivity index (χ2n) is 4.24. The van der Waals surface area contributed by atoms with E-state index in [1.165, 1.54) is 12.1 Å². The van der Waals surface area contributed by atoms with Gasteiger partial charge < -0.3 is 11.1 Å². The summed E-state index contributed by atoms with van der Waals surface area (Å²) in [4.78, 5) is 0. The molecule has 0 fully saturated rings. The quantitative estimate of drug-likeness (QED) is 0.816. The highest BCUT2D eigenvalue weighted by Crippen LogP contribution is 2.30. The van der Waals surface area contributed by atoms with E-state index in [9.17, 15) is 8.78 Å². The highest BCUT2D eigenvalue weighted by molar-refractivity contribution is 9.10. The van der Waals surface area contributed by atoms with Gasteiger partial charge in [0.1, 0.15) is 11.6 Å². The van der Waals surface area contributed by atoms with Crippen molar-refractivity contribution in [2.24, 2.45) is 0 Å². The van der Waals surface area contributed by atoms with Gasteiger partial charge in [-0.05, 0) is 35.0 Å². The summed E-state index contributed by atoms with van der Waals surface area (Å²) >= 11 is 3.10. The zero-order chi connectivity index (χ0) is 14.0. The summed E-state index contributed by atoms with van der Waals surface area (Å²) < 4.78 is 27.2. The Labute approximate surface area is 118 Å². The van der Waals surface area contributed by atoms with E-state index >= 15 is 0 Å². The predicted molar refractivity (Wildman–Crippen MR) is 77.0 cm³/mol. The number of nitrogen functional groups attached to an aromatic ring is 1. The highest BCUT2D eigenvalue weighted by Gasteiger charge is 2.12. The molecule has 0 saturated heterocycles. The molecule has 2 nitrogen and oxygen atoms in total. The first kappa shape index (κ1) is 13.8. The molecule has 2 aromatic rings. The lowest BCUT2D eigenvalue weighted by molar-refractivity contribution is 0.600. The van der Waals surface area contributed by atoms with E-state index in [4.69, 9.17) is 5.73 Å². The van der Waals surface area contributed by atoms with E-state index in [0.717, 1.165) is 0 Å². The molecule has 0 aromatic heterocycles. The second kappa shape index (κ2) is 5.57. The maximum atomic E-state index is 13.6. The standard InChI is InChI=1S/C14H13BrF2N2/c1-8(9-4-2-3-5-11(9)16)19-14-6-10(15)12(17)7-13(14)18/h2-8,19H,18H2,1H3. The molecule has 0 amide bonds. The monoisotopic (exact) mass is 326 g/mol. The van der Waals surface area contributed by atoms with Crippen LogP contribution in [0.4, 0.5) is 20.2 Å². The summed E-state index contributed by atoms with van der Waals surface area (Å²) in [7, 11) is 0. The predicted octanol–water partition coefficient (Wildman–Crippen LogP) is 4.48. The summed E-state index contributed by atoms with van der Waals surface area (Å²) in [6, 6.07) is 8.98. The Balaban J connectivity index is 2.27. The van der Waals surface area contributed by atoms with Crippen LogP contribution >= 0.6 is 15.9 Å². The average molecular weight is 327 g/mol. The SMILES string of the molecule is CC(Nc1cc(Br)c(F)cc1N)c1ccccc1F. The smallest absolute Gasteiger partial charge is 0.139 e. The van der Waals surface area contributed by atoms with Crippen LogP contribution in [0.15, 0.2) is 40.9 Å². The summed E-state index contributed by atoms with van der Waals surface area (Å²) in [5.74, 6) is -0.719. The van der Waals surface area contributed by atoms with Gasteiger partial charge in [-0.25, -0.2) is 8.78 Å². The molecular weight excluding hydrogens is 314 g/mol. The number of benzene rings is 2. The fraction of sp³-hybridized carbons (Fsp3) is 0.143. The molecule has 0 radical (unpaired) electrons. The molecular formula is C14H13BrF2N2. The molecule has 2 rings (SSSR count). The van der Waals surface area contributed by atoms with Crippen LogP contribution in [0, 0.1) is 11.6 Å². The zero-order valence-corrected chi connectivity index (χ0v) is 11.8. The lowest BCUT2D eigenvalue weighted by Crippen LogP contribution is -2.10. The minimum Gasteiger partial charge on any atom is -0.397 e. The molecule has 100 valence electrons. The lowest BCUT2D eigenvalue weighted by atomic mass is 10.1. The van der Waals surface area contributed by atoms with Crippen LogP contribution in [0.2, 0.25) is 0 Å². The number of anilines is 2. The number of hydrogen-bond acceptors (Lipinski definition) is 2. The third-order valence-electron chi connectivity index (χ3n) is 2.84. The minimum atomic E-state index is -0.429. The van der Waals surface area contributed by atoms with Crippen molar-refractivity contribution in [3.05, 3.63) is 58.1 Å². The fourth-order valence-corrected chi connectivity index (χ4v) is 2.17. The van der Waals surface area contributed by atoms with Gasteiger partial charge in [0.05, 0.1) is 21.9 Å². The fourth-order valence-electron chi connectivity index (χ4n) is 1.82. The maximum Gasteiger partial charge on any atom is 0.139 e. The third-order valence-corrected chi connectivity index (χ3v) is 3.44. The molecule has 3 N–H and O–H groups in total. The number of hydrogen-bond donors (Lipinski definition) is 2. The average Bonchev–Trinajstić information content (AvgIpc) is 2.36. The molecule has 0 heterocycles. The second-order valence-corrected chi connectivity index (χ2v) is 5.10. The van der Waals surface area contributed by atoms with Gasteiger partial charge in [-0.2, -0.15) is 0 Å². The van der Waals surface area contributed by atoms with Crippen molar-refractivity contribution in [2.45, 2.75) is 13.0 Å². The van der Waals surface area contributed by atoms with Gasteiger partial charge >= 0.3 is 0 Å². The van der Waals surface area contributed by atoms with Crippen LogP contribution < -0.4 is 11.1 Å². The molecule has 0 saturated carbocycles. The van der Waals surface area contributed by atoms with Crippen LogP contribution in [-0.4, -0.2) is 0 Å². The van der Waals surface area contributed by atoms with Crippen molar-refractivity contribution in [2.75, 3.05) is 11.1 Å². The highest BCUT2D eigenvalue weighted by atomic mass is 79.9. The van der Waals surface area contributed by atoms with Crippen LogP contribution in [0.5, 0.6) is 0 Å². The summed E-state index contributed by atoms with van der Waals surface area (Å²) in [6.45, 7) is 1.81. The maximum absolute atomic E-state index is 13.6. The van der Waals surface area contributed by atoms with Gasteiger partial charge in [-0.15, -0.1) is 0 Å². The van der Waals surface area contributed by atoms with Crippen molar-refractivity contribution in [1.29, 1.82) is 0 Å². The van der Waals surface area contributed by atoms with Gasteiger partial charge in [-0.3, -0.25) is 0 Å². The van der Waals surface area contributed by atoms with Gasteiger partial charge in [0.2, 0.25) is 0 Å². The first-order valence-electron chi connectivity index (χ1n) is 5.74. The van der Waals surface area contributed by atoms with Crippen LogP contribution in [0.1, 0.15) is 18.5 Å². The molecule has 19 heavy (non-hydrogen) atoms. The minimum absolute atomic E-state index is 0.277. The third kappa shape index (κ3) is 3.04. The Morgan fingerprint density at radius 2 is 1.84 bits per heavy atom. The molecule has 0 aliphatic heterocycles. The molecule has 1 atom stereocenters. The number of nitrogens with one attached hydrogen (secondary N) is 1. The van der Waals surface area contributed by atoms with Gasteiger partial charge in [0.25, 0.3) is 0 Å². The van der Waals surface area contributed by atoms with E-state index in [-0.39, 0.29) is 17.5 Å². The van der Waals surface area contributed by atoms with E-state index in [2.05, 4.69) is 21.2 Å². The largest absolute Gasteiger partial charge is 0.397 e. The molecule has 5 heteroatoms. The Kier molecular flexibility index (Phi) is 4.04. The van der Waals surface area contributed by atoms with E-state index in [1.807, 2.05) is 6.92 Å². The normalized spacial score (nSPS) is 12.2. The van der Waals surface area contributed by atoms with E-state index in [1.54, 1.807) is 24.3 Å². The first-order chi connectivity index (χ1) is 8.99. The molecule has 0 bridgehead atoms. The molecule has 1 unspecified atom stereocenters. The van der Waals surface area contributed by atoms with Crippen molar-refractivity contribution in [3.8, 4) is 0 Å². The van der Waals surface area contributed by atoms with Crippen molar-refractivity contribution < 1.29 is 8.78 Å². The number of nitrogens with two attached hydrogens (primary N) is 1. The number of halogens is 3. The Bertz CT molecular complexity index is 602. The van der Waals surface area contributed by atoms with Crippen LogP contribution in [0.25, 0.3) is 0 Å². The van der Waals surface area contributed by atoms with Crippen molar-refractivity contribution in [3.63, 3.8) is 0 Å². The summed E-state index contributed by atoms with van der Waals surface area (Å²) in [5.41, 5.74) is 7.11. The van der Waals surface area contributed by atoms with Crippen molar-refractivity contribution >= 4 is 27.3 Å². The first-order valence-corrected chi connectivity index (χ1v) is 6.54. The molecule has 2 aromatic carbocycles. The Morgan fingerprint density at radius 3 is 2.53 bits per heavy atom. The van der Waals surface area contributed by atoms with Crippen LogP contribution in [0.3, 0.4) is 0 Å². The lowest BCUT2D eigenvalue weighted by Gasteiger charge is -2.18. The Hall–Kier alpha value is -1.62. The summed E-state index contributed by atoms with van der Waals surface area (Å²) in [6.07, 6.45) is 0. The molecule has 0 aliphatic rings. The molecule has 0 aliphatic carbocycles. The van der Waals surface area contributed by atoms with Crippen LogP contribution in [-0.2, 0) is 0 Å². The number of rotatable bonds is 3. The van der Waals surface area contributed by atoms with Crippen molar-refractivity contribution in [1.82, 2.24) is 0 Å². The van der Waals surface area contributed by atoms with Gasteiger partial charge in [-0.1, -0.05) is 18.2 Å². The topological polar surface area (TPSA) is 38.0 Å². The van der Waals surface area contributed by atoms with Gasteiger partial charge in [0.15, 0.2) is 0 Å². The molecule has 0 spiro atoms. The zero-order valence-electron chi connectivity index (χ0n) is 10.3. The van der Waals surface area contributed by atoms with Gasteiger partial charge in [0, 0.05) is 11.6 Å². The van der Waals surface area contributed by atoms with E-state index < -0.39 is 5.82 Å². The van der Waals surface area contributed by atoms with E-state index in [0.29, 0.717) is 15.7 Å². The summed E-state index contributed by atoms with van der Waals surface area (Å²) in [5, 5.41) is 3.07. The Morgan fingerprint density at radius 1 is 1.16 bits per heavy atom.